The summed E-state index contributed by atoms with van der Waals surface area (Å²) in [5.41, 5.74) is 7.14. The molecule has 202 valence electrons. The molecule has 0 aliphatic heterocycles. The molecule has 38 heavy (non-hydrogen) atoms. The zero-order valence-electron chi connectivity index (χ0n) is 20.3. The maximum Gasteiger partial charge on any atom is 0.326 e. The van der Waals surface area contributed by atoms with Crippen LogP contribution in [0.3, 0.4) is 0 Å². The highest BCUT2D eigenvalue weighted by molar-refractivity contribution is 5.97. The van der Waals surface area contributed by atoms with Crippen molar-refractivity contribution >= 4 is 40.6 Å². The van der Waals surface area contributed by atoms with Gasteiger partial charge in [0.05, 0.1) is 38.3 Å². The number of carboxylic acids is 1. The number of amides is 2. The zero-order valence-corrected chi connectivity index (χ0v) is 20.3. The molecule has 1 unspecified atom stereocenters. The van der Waals surface area contributed by atoms with Crippen molar-refractivity contribution in [1.29, 1.82) is 0 Å². The monoisotopic (exact) mass is 528 g/mol. The largest absolute Gasteiger partial charge is 0.492 e. The molecule has 1 atom stereocenters. The maximum absolute atomic E-state index is 12.6. The molecular formula is C23H28N8O7. The summed E-state index contributed by atoms with van der Waals surface area (Å²) in [6.07, 6.45) is 1.28. The number of fused-ring (bicyclic) bond motifs is 1. The number of aromatic nitrogens is 4. The number of aliphatic carboxylic acids is 1. The van der Waals surface area contributed by atoms with Gasteiger partial charge in [0.1, 0.15) is 6.04 Å². The van der Waals surface area contributed by atoms with Crippen LogP contribution < -0.4 is 21.7 Å². The first-order chi connectivity index (χ1) is 18.3. The third kappa shape index (κ3) is 8.21. The van der Waals surface area contributed by atoms with Crippen molar-refractivity contribution in [2.45, 2.75) is 25.4 Å². The molecule has 2 aromatic heterocycles. The highest BCUT2D eigenvalue weighted by atomic mass is 16.5. The number of nitrogens with zero attached hydrogens (tertiary/aromatic N) is 4. The predicted molar refractivity (Wildman–Crippen MR) is 134 cm³/mol. The molecule has 3 rings (SSSR count). The molecule has 1 aromatic carbocycles. The second-order valence-electron chi connectivity index (χ2n) is 7.96. The van der Waals surface area contributed by atoms with Crippen LogP contribution in [-0.4, -0.2) is 85.4 Å². The summed E-state index contributed by atoms with van der Waals surface area (Å²) >= 11 is 0. The minimum Gasteiger partial charge on any atom is -0.492 e. The highest BCUT2D eigenvalue weighted by Gasteiger charge is 2.21. The number of rotatable bonds is 14. The molecule has 0 aliphatic carbocycles. The van der Waals surface area contributed by atoms with E-state index >= 15 is 0 Å². The lowest BCUT2D eigenvalue weighted by Gasteiger charge is -2.15. The lowest BCUT2D eigenvalue weighted by Crippen LogP contribution is -2.41. The van der Waals surface area contributed by atoms with Crippen LogP contribution in [0, 0.1) is 0 Å². The minimum atomic E-state index is -1.26. The zero-order chi connectivity index (χ0) is 27.5. The Kier molecular flexibility index (Phi) is 10.0. The molecule has 0 saturated heterocycles. The molecule has 8 N–H and O–H groups in total. The van der Waals surface area contributed by atoms with E-state index in [0.717, 1.165) is 0 Å². The second kappa shape index (κ2) is 13.6. The van der Waals surface area contributed by atoms with Crippen molar-refractivity contribution in [1.82, 2.24) is 30.6 Å². The Balaban J connectivity index is 1.49. The van der Waals surface area contributed by atoms with Gasteiger partial charge in [-0.1, -0.05) is 0 Å². The van der Waals surface area contributed by atoms with Crippen molar-refractivity contribution in [2.24, 2.45) is 0 Å². The van der Waals surface area contributed by atoms with Crippen LogP contribution in [0.15, 0.2) is 30.5 Å². The van der Waals surface area contributed by atoms with E-state index < -0.39 is 17.9 Å². The molecule has 3 aromatic rings. The number of hydrogen-bond donors (Lipinski definition) is 7. The number of nitrogen functional groups attached to an aromatic ring is 1. The van der Waals surface area contributed by atoms with E-state index in [1.165, 1.54) is 18.3 Å². The maximum atomic E-state index is 12.6. The Morgan fingerprint density at radius 1 is 1.08 bits per heavy atom. The fourth-order valence-electron chi connectivity index (χ4n) is 3.26. The Morgan fingerprint density at radius 3 is 2.55 bits per heavy atom. The van der Waals surface area contributed by atoms with E-state index in [1.807, 2.05) is 0 Å². The number of carbonyl (C=O) groups excluding carboxylic acids is 2. The Bertz CT molecular complexity index is 1270. The number of anilines is 2. The number of aliphatic hydroxyl groups is 1. The summed E-state index contributed by atoms with van der Waals surface area (Å²) in [4.78, 5) is 51.9. The molecular weight excluding hydrogens is 500 g/mol. The van der Waals surface area contributed by atoms with Crippen molar-refractivity contribution in [3.63, 3.8) is 0 Å². The SMILES string of the molecule is Nc1nc(O)c2nc(CNc3ccc(C(=O)NC(CCC(=O)NCCOCCO)C(=O)O)cc3)cnc2n1. The summed E-state index contributed by atoms with van der Waals surface area (Å²) in [5.74, 6) is -2.72. The number of ether oxygens (including phenoxy) is 1. The molecule has 15 nitrogen and oxygen atoms in total. The van der Waals surface area contributed by atoms with E-state index in [9.17, 15) is 24.6 Å². The van der Waals surface area contributed by atoms with Gasteiger partial charge in [0.2, 0.25) is 17.7 Å². The Morgan fingerprint density at radius 2 is 1.84 bits per heavy atom. The van der Waals surface area contributed by atoms with E-state index in [1.54, 1.807) is 12.1 Å². The number of benzene rings is 1. The van der Waals surface area contributed by atoms with E-state index in [0.29, 0.717) is 11.4 Å². The van der Waals surface area contributed by atoms with Gasteiger partial charge in [0.15, 0.2) is 11.2 Å². The van der Waals surface area contributed by atoms with E-state index in [-0.39, 0.29) is 80.2 Å². The van der Waals surface area contributed by atoms with Gasteiger partial charge in [-0.05, 0) is 30.7 Å². The van der Waals surface area contributed by atoms with Gasteiger partial charge in [-0.2, -0.15) is 9.97 Å². The Labute approximate surface area is 216 Å². The minimum absolute atomic E-state index is 0.0932. The quantitative estimate of drug-likeness (QED) is 0.130. The molecule has 0 fully saturated rings. The van der Waals surface area contributed by atoms with Crippen LogP contribution in [-0.2, 0) is 20.9 Å². The molecule has 0 saturated carbocycles. The second-order valence-corrected chi connectivity index (χ2v) is 7.96. The van der Waals surface area contributed by atoms with Crippen LogP contribution in [0.25, 0.3) is 11.2 Å². The smallest absolute Gasteiger partial charge is 0.326 e. The van der Waals surface area contributed by atoms with Gasteiger partial charge < -0.3 is 41.7 Å². The van der Waals surface area contributed by atoms with Gasteiger partial charge in [-0.25, -0.2) is 14.8 Å². The van der Waals surface area contributed by atoms with Crippen LogP contribution >= 0.6 is 0 Å². The molecule has 0 radical (unpaired) electrons. The van der Waals surface area contributed by atoms with Crippen LogP contribution in [0.1, 0.15) is 28.9 Å². The number of carboxylic acid groups (broad SMARTS) is 1. The van der Waals surface area contributed by atoms with Gasteiger partial charge in [0.25, 0.3) is 5.91 Å². The summed E-state index contributed by atoms with van der Waals surface area (Å²) in [7, 11) is 0. The number of nitrogens with one attached hydrogen (secondary N) is 3. The van der Waals surface area contributed by atoms with E-state index in [4.69, 9.17) is 15.6 Å². The third-order valence-corrected chi connectivity index (χ3v) is 5.14. The summed E-state index contributed by atoms with van der Waals surface area (Å²) in [6.45, 7) is 0.737. The fraction of sp³-hybridized carbons (Fsp3) is 0.348. The van der Waals surface area contributed by atoms with E-state index in [2.05, 4.69) is 35.9 Å². The number of aliphatic hydroxyl groups excluding tert-OH is 1. The molecule has 0 spiro atoms. The van der Waals surface area contributed by atoms with Gasteiger partial charge in [-0.15, -0.1) is 0 Å². The van der Waals surface area contributed by atoms with Crippen LogP contribution in [0.5, 0.6) is 5.88 Å². The first-order valence-electron chi connectivity index (χ1n) is 11.6. The first kappa shape index (κ1) is 27.9. The van der Waals surface area contributed by atoms with Crippen molar-refractivity contribution in [2.75, 3.05) is 37.4 Å². The van der Waals surface area contributed by atoms with Crippen LogP contribution in [0.4, 0.5) is 11.6 Å². The van der Waals surface area contributed by atoms with Gasteiger partial charge in [0, 0.05) is 24.2 Å². The van der Waals surface area contributed by atoms with Crippen LogP contribution in [0.2, 0.25) is 0 Å². The molecule has 2 heterocycles. The number of carbonyl (C=O) groups is 3. The lowest BCUT2D eigenvalue weighted by atomic mass is 10.1. The molecule has 0 bridgehead atoms. The predicted octanol–water partition coefficient (Wildman–Crippen LogP) is -0.592. The van der Waals surface area contributed by atoms with Crippen molar-refractivity contribution < 1.29 is 34.4 Å². The van der Waals surface area contributed by atoms with Crippen molar-refractivity contribution in [3.8, 4) is 5.88 Å². The number of nitrogens with two attached hydrogens (primary N) is 1. The topological polar surface area (TPSA) is 235 Å². The van der Waals surface area contributed by atoms with Gasteiger partial charge >= 0.3 is 5.97 Å². The number of aromatic hydroxyl groups is 1. The molecule has 0 aliphatic rings. The van der Waals surface area contributed by atoms with Gasteiger partial charge in [-0.3, -0.25) is 9.59 Å². The number of hydrogen-bond acceptors (Lipinski definition) is 12. The standard InChI is InChI=1S/C23H28N8O7/c24-23-30-19-18(21(35)31-23)28-15(12-27-19)11-26-14-3-1-13(2-4-14)20(34)29-16(22(36)37)5-6-17(33)25-7-9-38-10-8-32/h1-4,12,16,26,32H,5-11H2,(H,25,33)(H,29,34)(H,36,37)(H3,24,27,30,31,35). The molecule has 2 amide bonds. The van der Waals surface area contributed by atoms with Crippen molar-refractivity contribution in [3.05, 3.63) is 41.7 Å². The molecule has 15 heteroatoms. The third-order valence-electron chi connectivity index (χ3n) is 5.14. The average molecular weight is 529 g/mol. The average Bonchev–Trinajstić information content (AvgIpc) is 2.89. The summed E-state index contributed by atoms with van der Waals surface area (Å²) in [5, 5.41) is 36.1. The highest BCUT2D eigenvalue weighted by Crippen LogP contribution is 2.19. The fourth-order valence-corrected chi connectivity index (χ4v) is 3.26. The Hall–Kier alpha value is -4.63. The first-order valence-corrected chi connectivity index (χ1v) is 11.6. The lowest BCUT2D eigenvalue weighted by molar-refractivity contribution is -0.139. The summed E-state index contributed by atoms with van der Waals surface area (Å²) < 4.78 is 5.02. The summed E-state index contributed by atoms with van der Waals surface area (Å²) in [6, 6.07) is 5.05. The normalized spacial score (nSPS) is 11.6.